The Kier molecular flexibility index (Phi) is 4.29. The lowest BCUT2D eigenvalue weighted by atomic mass is 9.98. The van der Waals surface area contributed by atoms with Gasteiger partial charge < -0.3 is 4.98 Å². The lowest BCUT2D eigenvalue weighted by Gasteiger charge is -2.07. The molecule has 0 amide bonds. The normalized spacial score (nSPS) is 14.4. The van der Waals surface area contributed by atoms with Crippen molar-refractivity contribution in [2.45, 2.75) is 32.6 Å². The second-order valence-corrected chi connectivity index (χ2v) is 6.64. The van der Waals surface area contributed by atoms with Crippen LogP contribution >= 0.6 is 0 Å². The van der Waals surface area contributed by atoms with Crippen LogP contribution in [0.1, 0.15) is 30.5 Å². The Morgan fingerprint density at radius 1 is 1.14 bits per heavy atom. The molecule has 2 aromatic rings. The van der Waals surface area contributed by atoms with Gasteiger partial charge in [0.25, 0.3) is 0 Å². The van der Waals surface area contributed by atoms with E-state index in [2.05, 4.69) is 30.1 Å². The molecule has 0 bridgehead atoms. The molecule has 1 aromatic carbocycles. The third kappa shape index (κ3) is 3.07. The van der Waals surface area contributed by atoms with E-state index in [0.29, 0.717) is 11.3 Å². The van der Waals surface area contributed by atoms with Crippen molar-refractivity contribution in [1.29, 1.82) is 0 Å². The van der Waals surface area contributed by atoms with Gasteiger partial charge in [0.2, 0.25) is 10.3 Å². The molecule has 0 saturated carbocycles. The van der Waals surface area contributed by atoms with Crippen molar-refractivity contribution in [2.24, 2.45) is 0 Å². The van der Waals surface area contributed by atoms with Crippen molar-refractivity contribution in [3.63, 3.8) is 0 Å². The molecule has 0 atom stereocenters. The number of para-hydroxylation sites is 1. The molecule has 114 valence electrons. The lowest BCUT2D eigenvalue weighted by molar-refractivity contribution is 0.627. The molecule has 0 radical (unpaired) electrons. The minimum atomic E-state index is -2.08. The van der Waals surface area contributed by atoms with E-state index in [9.17, 15) is 8.42 Å². The molecule has 0 unspecified atom stereocenters. The first kappa shape index (κ1) is 14.9. The Hall–Kier alpha value is -2.07. The van der Waals surface area contributed by atoms with Gasteiger partial charge in [-0.25, -0.2) is 0 Å². The molecule has 1 N–H and O–H groups in total. The summed E-state index contributed by atoms with van der Waals surface area (Å²) >= 11 is 0. The molecule has 3 rings (SSSR count). The van der Waals surface area contributed by atoms with Crippen LogP contribution in [0.3, 0.4) is 0 Å². The molecule has 0 fully saturated rings. The standard InChI is InChI=1S/C18H19NO2S/c1-13-16(17-6-2-3-8-18(17)19-13)7-4-5-14-9-11-15(12-10-14)22(20)21/h2-3,6,8-11,19H,4-5,7,12H2,1H3. The van der Waals surface area contributed by atoms with Gasteiger partial charge in [-0.3, -0.25) is 0 Å². The molecule has 22 heavy (non-hydrogen) atoms. The quantitative estimate of drug-likeness (QED) is 0.874. The molecule has 3 nitrogen and oxygen atoms in total. The third-order valence-corrected chi connectivity index (χ3v) is 4.91. The van der Waals surface area contributed by atoms with Crippen LogP contribution in [0.25, 0.3) is 10.9 Å². The number of aryl methyl sites for hydroxylation is 2. The van der Waals surface area contributed by atoms with Crippen LogP contribution in [0.2, 0.25) is 0 Å². The number of hydrogen-bond donors (Lipinski definition) is 1. The van der Waals surface area contributed by atoms with E-state index >= 15 is 0 Å². The number of rotatable bonds is 4. The zero-order valence-electron chi connectivity index (χ0n) is 12.6. The highest BCUT2D eigenvalue weighted by molar-refractivity contribution is 7.73. The number of fused-ring (bicyclic) bond motifs is 1. The number of allylic oxidation sites excluding steroid dienone is 4. The van der Waals surface area contributed by atoms with Crippen molar-refractivity contribution in [3.8, 4) is 0 Å². The number of benzene rings is 1. The third-order valence-electron chi connectivity index (χ3n) is 4.18. The molecule has 0 spiro atoms. The summed E-state index contributed by atoms with van der Waals surface area (Å²) < 4.78 is 21.7. The summed E-state index contributed by atoms with van der Waals surface area (Å²) in [6, 6.07) is 8.40. The highest BCUT2D eigenvalue weighted by Gasteiger charge is 2.08. The second kappa shape index (κ2) is 6.36. The lowest BCUT2D eigenvalue weighted by Crippen LogP contribution is -1.99. The zero-order chi connectivity index (χ0) is 15.5. The van der Waals surface area contributed by atoms with Crippen LogP contribution in [0, 0.1) is 6.92 Å². The van der Waals surface area contributed by atoms with Gasteiger partial charge in [-0.05, 0) is 43.9 Å². The summed E-state index contributed by atoms with van der Waals surface area (Å²) in [5.41, 5.74) is 5.06. The first-order valence-electron chi connectivity index (χ1n) is 7.53. The van der Waals surface area contributed by atoms with Gasteiger partial charge in [0, 0.05) is 23.0 Å². The molecule has 4 heteroatoms. The molecule has 1 aromatic heterocycles. The van der Waals surface area contributed by atoms with Crippen LogP contribution in [0.5, 0.6) is 0 Å². The molecular formula is C18H19NO2S. The van der Waals surface area contributed by atoms with Gasteiger partial charge in [-0.15, -0.1) is 0 Å². The van der Waals surface area contributed by atoms with Gasteiger partial charge in [0.15, 0.2) is 0 Å². The van der Waals surface area contributed by atoms with Crippen LogP contribution in [-0.2, 0) is 16.7 Å². The maximum Gasteiger partial charge on any atom is 0.217 e. The summed E-state index contributed by atoms with van der Waals surface area (Å²) in [6.45, 7) is 2.12. The fourth-order valence-corrected chi connectivity index (χ4v) is 3.40. The molecule has 0 saturated heterocycles. The maximum absolute atomic E-state index is 10.9. The Balaban J connectivity index is 1.65. The molecule has 1 aliphatic rings. The predicted octanol–water partition coefficient (Wildman–Crippen LogP) is 3.74. The first-order chi connectivity index (χ1) is 10.6. The van der Waals surface area contributed by atoms with Crippen molar-refractivity contribution in [1.82, 2.24) is 4.98 Å². The minimum Gasteiger partial charge on any atom is -0.358 e. The number of aromatic amines is 1. The van der Waals surface area contributed by atoms with E-state index in [0.717, 1.165) is 19.3 Å². The summed E-state index contributed by atoms with van der Waals surface area (Å²) in [5, 5.41) is 1.31. The Labute approximate surface area is 131 Å². The fourth-order valence-electron chi connectivity index (χ4n) is 3.00. The maximum atomic E-state index is 10.9. The van der Waals surface area contributed by atoms with E-state index in [1.54, 1.807) is 6.08 Å². The van der Waals surface area contributed by atoms with E-state index in [1.807, 2.05) is 18.2 Å². The van der Waals surface area contributed by atoms with E-state index in [-0.39, 0.29) is 0 Å². The topological polar surface area (TPSA) is 49.9 Å². The van der Waals surface area contributed by atoms with Gasteiger partial charge >= 0.3 is 0 Å². The van der Waals surface area contributed by atoms with Gasteiger partial charge in [-0.1, -0.05) is 35.9 Å². The van der Waals surface area contributed by atoms with Crippen LogP contribution in [-0.4, -0.2) is 18.3 Å². The van der Waals surface area contributed by atoms with Crippen LogP contribution in [0.15, 0.2) is 48.1 Å². The molecule has 0 aliphatic heterocycles. The number of aromatic nitrogens is 1. The second-order valence-electron chi connectivity index (χ2n) is 5.65. The fraction of sp³-hybridized carbons (Fsp3) is 0.278. The average Bonchev–Trinajstić information content (AvgIpc) is 2.84. The van der Waals surface area contributed by atoms with Crippen LogP contribution < -0.4 is 0 Å². The van der Waals surface area contributed by atoms with Crippen LogP contribution in [0.4, 0.5) is 0 Å². The number of hydrogen-bond acceptors (Lipinski definition) is 2. The van der Waals surface area contributed by atoms with Gasteiger partial charge in [-0.2, -0.15) is 8.42 Å². The summed E-state index contributed by atoms with van der Waals surface area (Å²) in [7, 11) is -2.08. The van der Waals surface area contributed by atoms with E-state index < -0.39 is 10.3 Å². The first-order valence-corrected chi connectivity index (χ1v) is 8.61. The Morgan fingerprint density at radius 2 is 1.95 bits per heavy atom. The van der Waals surface area contributed by atoms with Crippen molar-refractivity contribution < 1.29 is 8.42 Å². The zero-order valence-corrected chi connectivity index (χ0v) is 13.4. The summed E-state index contributed by atoms with van der Waals surface area (Å²) in [5.74, 6) is 0. The monoisotopic (exact) mass is 313 g/mol. The van der Waals surface area contributed by atoms with E-state index in [1.165, 1.54) is 27.7 Å². The highest BCUT2D eigenvalue weighted by Crippen LogP contribution is 2.24. The van der Waals surface area contributed by atoms with Crippen molar-refractivity contribution in [2.75, 3.05) is 0 Å². The van der Waals surface area contributed by atoms with E-state index in [4.69, 9.17) is 0 Å². The Bertz CT molecular complexity index is 890. The summed E-state index contributed by atoms with van der Waals surface area (Å²) in [6.07, 6.45) is 9.27. The molecule has 1 heterocycles. The SMILES string of the molecule is Cc1[nH]c2ccccc2c1CCCC1=CCC(=S(=O)=O)C=C1. The Morgan fingerprint density at radius 3 is 2.68 bits per heavy atom. The van der Waals surface area contributed by atoms with Gasteiger partial charge in [0.1, 0.15) is 0 Å². The van der Waals surface area contributed by atoms with Gasteiger partial charge in [0.05, 0.1) is 4.86 Å². The molecular weight excluding hydrogens is 294 g/mol. The minimum absolute atomic E-state index is 0.469. The highest BCUT2D eigenvalue weighted by atomic mass is 32.2. The number of H-pyrrole nitrogens is 1. The van der Waals surface area contributed by atoms with Crippen molar-refractivity contribution >= 4 is 26.1 Å². The predicted molar refractivity (Wildman–Crippen MR) is 91.7 cm³/mol. The van der Waals surface area contributed by atoms with Crippen molar-refractivity contribution in [3.05, 3.63) is 59.3 Å². The largest absolute Gasteiger partial charge is 0.358 e. The number of nitrogens with one attached hydrogen (secondary N) is 1. The summed E-state index contributed by atoms with van der Waals surface area (Å²) in [4.78, 5) is 3.90. The smallest absolute Gasteiger partial charge is 0.217 e. The average molecular weight is 313 g/mol. The molecule has 1 aliphatic carbocycles.